The van der Waals surface area contributed by atoms with Gasteiger partial charge in [-0.3, -0.25) is 9.59 Å². The molecule has 0 fully saturated rings. The molecule has 1 aliphatic rings. The van der Waals surface area contributed by atoms with Crippen molar-refractivity contribution in [3.05, 3.63) is 29.3 Å². The van der Waals surface area contributed by atoms with E-state index in [-0.39, 0.29) is 18.4 Å². The van der Waals surface area contributed by atoms with Crippen molar-refractivity contribution < 1.29 is 9.59 Å². The van der Waals surface area contributed by atoms with Crippen LogP contribution in [0.3, 0.4) is 0 Å². The topological polar surface area (TPSA) is 73.2 Å². The van der Waals surface area contributed by atoms with E-state index in [1.54, 1.807) is 30.1 Å². The van der Waals surface area contributed by atoms with Gasteiger partial charge < -0.3 is 10.2 Å². The lowest BCUT2D eigenvalue weighted by atomic mass is 9.99. The van der Waals surface area contributed by atoms with Gasteiger partial charge in [-0.05, 0) is 30.2 Å². The van der Waals surface area contributed by atoms with E-state index < -0.39 is 0 Å². The zero-order valence-corrected chi connectivity index (χ0v) is 10.1. The maximum atomic E-state index is 11.7. The van der Waals surface area contributed by atoms with E-state index in [9.17, 15) is 9.59 Å². The fraction of sp³-hybridized carbons (Fsp3) is 0.308. The second-order valence-electron chi connectivity index (χ2n) is 4.14. The summed E-state index contributed by atoms with van der Waals surface area (Å²) in [5.41, 5.74) is 2.36. The first kappa shape index (κ1) is 12.1. The molecule has 0 unspecified atom stereocenters. The number of hydrogen-bond acceptors (Lipinski definition) is 3. The fourth-order valence-electron chi connectivity index (χ4n) is 2.02. The monoisotopic (exact) mass is 243 g/mol. The Bertz CT molecular complexity index is 546. The van der Waals surface area contributed by atoms with Crippen molar-refractivity contribution in [2.45, 2.75) is 12.8 Å². The number of rotatable bonds is 2. The van der Waals surface area contributed by atoms with Crippen molar-refractivity contribution in [3.8, 4) is 6.07 Å². The van der Waals surface area contributed by atoms with Crippen LogP contribution in [0.15, 0.2) is 18.2 Å². The second kappa shape index (κ2) is 4.88. The molecule has 2 amide bonds. The second-order valence-corrected chi connectivity index (χ2v) is 4.14. The number of anilines is 1. The lowest BCUT2D eigenvalue weighted by Crippen LogP contribution is -2.31. The van der Waals surface area contributed by atoms with Gasteiger partial charge in [0.1, 0.15) is 6.54 Å². The van der Waals surface area contributed by atoms with E-state index in [0.29, 0.717) is 18.4 Å². The number of carbonyl (C=O) groups is 2. The molecule has 92 valence electrons. The zero-order chi connectivity index (χ0) is 13.1. The number of aryl methyl sites for hydroxylation is 1. The van der Waals surface area contributed by atoms with Crippen LogP contribution in [-0.4, -0.2) is 25.4 Å². The number of nitriles is 1. The highest BCUT2D eigenvalue weighted by atomic mass is 16.2. The van der Waals surface area contributed by atoms with Crippen LogP contribution in [0.2, 0.25) is 0 Å². The molecular formula is C13H13N3O2. The number of amides is 2. The van der Waals surface area contributed by atoms with E-state index in [4.69, 9.17) is 5.26 Å². The van der Waals surface area contributed by atoms with Crippen LogP contribution in [0.1, 0.15) is 22.3 Å². The van der Waals surface area contributed by atoms with E-state index >= 15 is 0 Å². The number of carbonyl (C=O) groups excluding carboxylic acids is 2. The van der Waals surface area contributed by atoms with E-state index in [1.165, 1.54) is 0 Å². The van der Waals surface area contributed by atoms with Gasteiger partial charge in [0.15, 0.2) is 0 Å². The normalized spacial score (nSPS) is 13.8. The summed E-state index contributed by atoms with van der Waals surface area (Å²) in [6.07, 6.45) is 1.12. The molecule has 18 heavy (non-hydrogen) atoms. The van der Waals surface area contributed by atoms with Gasteiger partial charge in [0.2, 0.25) is 5.91 Å². The van der Waals surface area contributed by atoms with Crippen molar-refractivity contribution in [2.24, 2.45) is 0 Å². The molecule has 0 bridgehead atoms. The van der Waals surface area contributed by atoms with Crippen LogP contribution >= 0.6 is 0 Å². The van der Waals surface area contributed by atoms with E-state index in [0.717, 1.165) is 11.3 Å². The summed E-state index contributed by atoms with van der Waals surface area (Å²) in [6.45, 7) is -0.00565. The smallest absolute Gasteiger partial charge is 0.252 e. The molecule has 0 atom stereocenters. The van der Waals surface area contributed by atoms with Crippen LogP contribution in [0.5, 0.6) is 0 Å². The number of nitrogens with one attached hydrogen (secondary N) is 1. The molecule has 0 radical (unpaired) electrons. The quantitative estimate of drug-likeness (QED) is 0.782. The highest BCUT2D eigenvalue weighted by Gasteiger charge is 2.21. The van der Waals surface area contributed by atoms with Crippen LogP contribution in [0, 0.1) is 11.3 Å². The Hall–Kier alpha value is -2.35. The highest BCUT2D eigenvalue weighted by molar-refractivity contribution is 5.98. The van der Waals surface area contributed by atoms with Crippen molar-refractivity contribution in [3.63, 3.8) is 0 Å². The Morgan fingerprint density at radius 2 is 2.28 bits per heavy atom. The van der Waals surface area contributed by atoms with Gasteiger partial charge in [-0.1, -0.05) is 0 Å². The molecule has 0 aromatic heterocycles. The number of nitrogens with zero attached hydrogens (tertiary/aromatic N) is 2. The summed E-state index contributed by atoms with van der Waals surface area (Å²) in [6, 6.07) is 7.08. The van der Waals surface area contributed by atoms with E-state index in [1.807, 2.05) is 6.07 Å². The minimum absolute atomic E-state index is 0.00565. The zero-order valence-electron chi connectivity index (χ0n) is 10.1. The van der Waals surface area contributed by atoms with Crippen molar-refractivity contribution in [2.75, 3.05) is 18.5 Å². The maximum absolute atomic E-state index is 11.7. The van der Waals surface area contributed by atoms with Crippen molar-refractivity contribution >= 4 is 17.5 Å². The molecule has 0 spiro atoms. The van der Waals surface area contributed by atoms with Gasteiger partial charge >= 0.3 is 0 Å². The molecule has 1 aromatic carbocycles. The summed E-state index contributed by atoms with van der Waals surface area (Å²) >= 11 is 0. The number of hydrogen-bond donors (Lipinski definition) is 1. The summed E-state index contributed by atoms with van der Waals surface area (Å²) in [5.74, 6) is -0.178. The molecule has 0 saturated carbocycles. The molecule has 1 aromatic rings. The van der Waals surface area contributed by atoms with Gasteiger partial charge in [-0.15, -0.1) is 0 Å². The lowest BCUT2D eigenvalue weighted by molar-refractivity contribution is -0.118. The molecular weight excluding hydrogens is 230 g/mol. The van der Waals surface area contributed by atoms with Gasteiger partial charge in [-0.25, -0.2) is 0 Å². The highest BCUT2D eigenvalue weighted by Crippen LogP contribution is 2.27. The Balaban J connectivity index is 2.26. The maximum Gasteiger partial charge on any atom is 0.252 e. The summed E-state index contributed by atoms with van der Waals surface area (Å²) < 4.78 is 0. The SMILES string of the molecule is CN1C(=O)CCc2cc(C(=O)NCC#N)ccc21. The Morgan fingerprint density at radius 1 is 1.50 bits per heavy atom. The first-order valence-electron chi connectivity index (χ1n) is 5.68. The van der Waals surface area contributed by atoms with Crippen LogP contribution in [0.25, 0.3) is 0 Å². The predicted molar refractivity (Wildman–Crippen MR) is 66.1 cm³/mol. The molecule has 5 heteroatoms. The number of fused-ring (bicyclic) bond motifs is 1. The minimum atomic E-state index is -0.265. The fourth-order valence-corrected chi connectivity index (χ4v) is 2.02. The molecule has 2 rings (SSSR count). The van der Waals surface area contributed by atoms with Crippen molar-refractivity contribution in [1.29, 1.82) is 5.26 Å². The first-order valence-corrected chi connectivity index (χ1v) is 5.68. The standard InChI is InChI=1S/C13H13N3O2/c1-16-11-4-2-10(13(18)15-7-6-14)8-9(11)3-5-12(16)17/h2,4,8H,3,5,7H2,1H3,(H,15,18). The van der Waals surface area contributed by atoms with E-state index in [2.05, 4.69) is 5.32 Å². The average Bonchev–Trinajstić information content (AvgIpc) is 2.40. The van der Waals surface area contributed by atoms with Crippen LogP contribution in [-0.2, 0) is 11.2 Å². The van der Waals surface area contributed by atoms with Crippen LogP contribution in [0.4, 0.5) is 5.69 Å². The predicted octanol–water partition coefficient (Wildman–Crippen LogP) is 0.849. The van der Waals surface area contributed by atoms with Gasteiger partial charge in [0.25, 0.3) is 5.91 Å². The average molecular weight is 243 g/mol. The summed E-state index contributed by atoms with van der Waals surface area (Å²) in [7, 11) is 1.73. The molecule has 1 aliphatic heterocycles. The van der Waals surface area contributed by atoms with Gasteiger partial charge in [0.05, 0.1) is 6.07 Å². The third kappa shape index (κ3) is 2.18. The lowest BCUT2D eigenvalue weighted by Gasteiger charge is -2.25. The molecule has 5 nitrogen and oxygen atoms in total. The Kier molecular flexibility index (Phi) is 3.28. The Morgan fingerprint density at radius 3 is 3.00 bits per heavy atom. The molecule has 0 saturated heterocycles. The molecule has 1 heterocycles. The number of benzene rings is 1. The van der Waals surface area contributed by atoms with Crippen LogP contribution < -0.4 is 10.2 Å². The summed E-state index contributed by atoms with van der Waals surface area (Å²) in [5, 5.41) is 10.9. The minimum Gasteiger partial charge on any atom is -0.339 e. The third-order valence-corrected chi connectivity index (χ3v) is 3.01. The third-order valence-electron chi connectivity index (χ3n) is 3.01. The molecule has 1 N–H and O–H groups in total. The molecule has 0 aliphatic carbocycles. The van der Waals surface area contributed by atoms with Gasteiger partial charge in [-0.2, -0.15) is 5.26 Å². The first-order chi connectivity index (χ1) is 8.63. The largest absolute Gasteiger partial charge is 0.339 e. The Labute approximate surface area is 105 Å². The van der Waals surface area contributed by atoms with Crippen molar-refractivity contribution in [1.82, 2.24) is 5.32 Å². The summed E-state index contributed by atoms with van der Waals surface area (Å²) in [4.78, 5) is 24.8. The van der Waals surface area contributed by atoms with Gasteiger partial charge in [0, 0.05) is 24.7 Å².